The molecule has 0 amide bonds. The second-order valence-electron chi connectivity index (χ2n) is 3.53. The molecule has 0 spiro atoms. The first-order valence-electron chi connectivity index (χ1n) is 4.54. The van der Waals surface area contributed by atoms with Crippen molar-refractivity contribution in [2.45, 2.75) is 13.3 Å². The fourth-order valence-electron chi connectivity index (χ4n) is 1.60. The van der Waals surface area contributed by atoms with Crippen LogP contribution in [0.1, 0.15) is 12.0 Å². The summed E-state index contributed by atoms with van der Waals surface area (Å²) in [6.45, 7) is 2.05. The lowest BCUT2D eigenvalue weighted by Crippen LogP contribution is -2.02. The van der Waals surface area contributed by atoms with Crippen LogP contribution < -0.4 is 5.30 Å². The molecule has 0 N–H and O–H groups in total. The molecule has 0 saturated heterocycles. The maximum absolute atomic E-state index is 12.2. The summed E-state index contributed by atoms with van der Waals surface area (Å²) in [5.74, 6) is 1.90. The van der Waals surface area contributed by atoms with E-state index in [9.17, 15) is 4.57 Å². The molecule has 0 bridgehead atoms. The van der Waals surface area contributed by atoms with Gasteiger partial charge < -0.3 is 4.57 Å². The molecule has 0 aliphatic carbocycles. The van der Waals surface area contributed by atoms with E-state index in [1.807, 2.05) is 43.1 Å². The lowest BCUT2D eigenvalue weighted by atomic mass is 10.2. The molecule has 1 aromatic rings. The highest BCUT2D eigenvalue weighted by atomic mass is 31.2. The van der Waals surface area contributed by atoms with Gasteiger partial charge in [0, 0.05) is 11.5 Å². The van der Waals surface area contributed by atoms with Crippen LogP contribution in [0.2, 0.25) is 0 Å². The fourth-order valence-corrected chi connectivity index (χ4v) is 3.85. The monoisotopic (exact) mass is 192 g/mol. The minimum atomic E-state index is -2.12. The summed E-state index contributed by atoms with van der Waals surface area (Å²) < 4.78 is 12.2. The van der Waals surface area contributed by atoms with Crippen LogP contribution in [0.5, 0.6) is 0 Å². The Hall–Kier alpha value is -0.810. The van der Waals surface area contributed by atoms with Gasteiger partial charge in [-0.25, -0.2) is 0 Å². The van der Waals surface area contributed by atoms with E-state index in [-0.39, 0.29) is 0 Å². The first-order chi connectivity index (χ1) is 6.21. The Bertz CT molecular complexity index is 376. The first-order valence-corrected chi connectivity index (χ1v) is 6.50. The highest BCUT2D eigenvalue weighted by Gasteiger charge is 2.23. The van der Waals surface area contributed by atoms with Gasteiger partial charge in [0.1, 0.15) is 7.14 Å². The number of hydrogen-bond acceptors (Lipinski definition) is 1. The average molecular weight is 192 g/mol. The average Bonchev–Trinajstić information content (AvgIpc) is 2.54. The molecule has 0 saturated carbocycles. The molecular weight excluding hydrogens is 179 g/mol. The number of rotatable bonds is 1. The molecule has 0 aromatic heterocycles. The van der Waals surface area contributed by atoms with Gasteiger partial charge in [-0.2, -0.15) is 0 Å². The van der Waals surface area contributed by atoms with E-state index < -0.39 is 7.14 Å². The van der Waals surface area contributed by atoms with Crippen LogP contribution >= 0.6 is 7.14 Å². The van der Waals surface area contributed by atoms with E-state index in [4.69, 9.17) is 0 Å². The Morgan fingerprint density at radius 2 is 1.92 bits per heavy atom. The molecule has 13 heavy (non-hydrogen) atoms. The van der Waals surface area contributed by atoms with Gasteiger partial charge in [-0.05, 0) is 19.2 Å². The van der Waals surface area contributed by atoms with Gasteiger partial charge in [-0.15, -0.1) is 0 Å². The number of benzene rings is 1. The Kier molecular flexibility index (Phi) is 2.13. The van der Waals surface area contributed by atoms with Crippen molar-refractivity contribution in [3.63, 3.8) is 0 Å². The minimum Gasteiger partial charge on any atom is -0.314 e. The molecular formula is C11H13OP. The zero-order valence-electron chi connectivity index (χ0n) is 7.73. The summed E-state index contributed by atoms with van der Waals surface area (Å²) in [7, 11) is -2.12. The largest absolute Gasteiger partial charge is 0.314 e. The van der Waals surface area contributed by atoms with Crippen LogP contribution in [0.25, 0.3) is 0 Å². The summed E-state index contributed by atoms with van der Waals surface area (Å²) in [5, 5.41) is 1.01. The van der Waals surface area contributed by atoms with Crippen LogP contribution in [-0.4, -0.2) is 6.16 Å². The topological polar surface area (TPSA) is 17.1 Å². The molecule has 1 aromatic carbocycles. The maximum Gasteiger partial charge on any atom is 0.136 e. The van der Waals surface area contributed by atoms with Crippen molar-refractivity contribution in [1.82, 2.24) is 0 Å². The Morgan fingerprint density at radius 3 is 2.46 bits per heavy atom. The van der Waals surface area contributed by atoms with E-state index in [2.05, 4.69) is 0 Å². The fraction of sp³-hybridized carbons (Fsp3) is 0.273. The lowest BCUT2D eigenvalue weighted by Gasteiger charge is -2.09. The SMILES string of the molecule is Cc1ccc(P2(=O)C=CCC2)cc1. The van der Waals surface area contributed by atoms with Gasteiger partial charge in [-0.3, -0.25) is 0 Å². The van der Waals surface area contributed by atoms with Crippen molar-refractivity contribution >= 4 is 12.4 Å². The zero-order chi connectivity index (χ0) is 9.31. The second-order valence-corrected chi connectivity index (χ2v) is 6.38. The number of hydrogen-bond donors (Lipinski definition) is 0. The third-order valence-electron chi connectivity index (χ3n) is 2.45. The van der Waals surface area contributed by atoms with Crippen LogP contribution in [0, 0.1) is 6.92 Å². The highest BCUT2D eigenvalue weighted by Crippen LogP contribution is 2.50. The third kappa shape index (κ3) is 1.62. The van der Waals surface area contributed by atoms with E-state index in [1.165, 1.54) is 5.56 Å². The third-order valence-corrected chi connectivity index (χ3v) is 5.23. The summed E-state index contributed by atoms with van der Waals surface area (Å²) >= 11 is 0. The van der Waals surface area contributed by atoms with Crippen molar-refractivity contribution in [3.05, 3.63) is 41.7 Å². The Balaban J connectivity index is 2.41. The first kappa shape index (κ1) is 8.77. The summed E-state index contributed by atoms with van der Waals surface area (Å²) in [6.07, 6.45) is 3.81. The molecule has 1 aliphatic heterocycles. The number of allylic oxidation sites excluding steroid dienone is 1. The van der Waals surface area contributed by atoms with E-state index in [0.717, 1.165) is 17.9 Å². The highest BCUT2D eigenvalue weighted by molar-refractivity contribution is 7.74. The normalized spacial score (nSPS) is 26.5. The van der Waals surface area contributed by atoms with Crippen molar-refractivity contribution < 1.29 is 4.57 Å². The molecule has 1 heterocycles. The summed E-state index contributed by atoms with van der Waals surface area (Å²) in [6, 6.07) is 8.04. The molecule has 2 rings (SSSR count). The van der Waals surface area contributed by atoms with Crippen LogP contribution in [-0.2, 0) is 4.57 Å². The van der Waals surface area contributed by atoms with Crippen molar-refractivity contribution in [2.75, 3.05) is 6.16 Å². The molecule has 1 aliphatic rings. The lowest BCUT2D eigenvalue weighted by molar-refractivity contribution is 0.587. The number of aryl methyl sites for hydroxylation is 1. The molecule has 1 nitrogen and oxygen atoms in total. The predicted octanol–water partition coefficient (Wildman–Crippen LogP) is 2.90. The van der Waals surface area contributed by atoms with Gasteiger partial charge in [0.2, 0.25) is 0 Å². The van der Waals surface area contributed by atoms with Gasteiger partial charge in [-0.1, -0.05) is 35.9 Å². The quantitative estimate of drug-likeness (QED) is 0.625. The maximum atomic E-state index is 12.2. The van der Waals surface area contributed by atoms with Crippen molar-refractivity contribution in [1.29, 1.82) is 0 Å². The van der Waals surface area contributed by atoms with E-state index >= 15 is 0 Å². The van der Waals surface area contributed by atoms with Crippen LogP contribution in [0.4, 0.5) is 0 Å². The van der Waals surface area contributed by atoms with Gasteiger partial charge >= 0.3 is 0 Å². The molecule has 0 radical (unpaired) electrons. The van der Waals surface area contributed by atoms with E-state index in [1.54, 1.807) is 0 Å². The zero-order valence-corrected chi connectivity index (χ0v) is 8.63. The van der Waals surface area contributed by atoms with Crippen molar-refractivity contribution in [3.8, 4) is 0 Å². The van der Waals surface area contributed by atoms with Crippen LogP contribution in [0.15, 0.2) is 36.2 Å². The Morgan fingerprint density at radius 1 is 1.23 bits per heavy atom. The molecule has 0 fully saturated rings. The molecule has 1 unspecified atom stereocenters. The van der Waals surface area contributed by atoms with Gasteiger partial charge in [0.05, 0.1) is 0 Å². The van der Waals surface area contributed by atoms with Crippen molar-refractivity contribution in [2.24, 2.45) is 0 Å². The molecule has 1 atom stereocenters. The summed E-state index contributed by atoms with van der Waals surface area (Å²) in [5.41, 5.74) is 1.22. The van der Waals surface area contributed by atoms with Crippen LogP contribution in [0.3, 0.4) is 0 Å². The predicted molar refractivity (Wildman–Crippen MR) is 57.0 cm³/mol. The second kappa shape index (κ2) is 3.16. The van der Waals surface area contributed by atoms with E-state index in [0.29, 0.717) is 0 Å². The van der Waals surface area contributed by atoms with Gasteiger partial charge in [0.25, 0.3) is 0 Å². The van der Waals surface area contributed by atoms with Gasteiger partial charge in [0.15, 0.2) is 0 Å². The molecule has 68 valence electrons. The minimum absolute atomic E-state index is 0.816. The Labute approximate surface area is 78.9 Å². The summed E-state index contributed by atoms with van der Waals surface area (Å²) in [4.78, 5) is 0. The smallest absolute Gasteiger partial charge is 0.136 e. The standard InChI is InChI=1S/C11H13OP/c1-10-4-6-11(7-5-10)13(12)8-2-3-9-13/h2,4-8H,3,9H2,1H3. The molecule has 2 heteroatoms.